The third-order valence-corrected chi connectivity index (χ3v) is 7.78. The molecular weight excluding hydrogens is 536 g/mol. The van der Waals surface area contributed by atoms with Crippen LogP contribution in [-0.2, 0) is 44.1 Å². The molecule has 43 heavy (non-hydrogen) atoms. The summed E-state index contributed by atoms with van der Waals surface area (Å²) < 4.78 is 0. The summed E-state index contributed by atoms with van der Waals surface area (Å²) >= 11 is 0. The number of aryl methyl sites for hydroxylation is 2. The van der Waals surface area contributed by atoms with Gasteiger partial charge in [-0.05, 0) is 75.3 Å². The van der Waals surface area contributed by atoms with E-state index in [1.54, 1.807) is 12.1 Å². The maximum Gasteiger partial charge on any atom is 0.220 e. The zero-order chi connectivity index (χ0) is 33.0. The van der Waals surface area contributed by atoms with Gasteiger partial charge >= 0.3 is 0 Å². The highest BCUT2D eigenvalue weighted by atomic mass is 16.3. The zero-order valence-electron chi connectivity index (χ0n) is 29.0. The van der Waals surface area contributed by atoms with Crippen LogP contribution in [0.1, 0.15) is 136 Å². The number of phenolic OH excluding ortho intramolecular Hbond substituents is 2. The van der Waals surface area contributed by atoms with Crippen molar-refractivity contribution in [3.8, 4) is 11.5 Å². The summed E-state index contributed by atoms with van der Waals surface area (Å²) in [6, 6.07) is 7.39. The molecule has 0 saturated carbocycles. The third-order valence-electron chi connectivity index (χ3n) is 7.78. The van der Waals surface area contributed by atoms with Crippen molar-refractivity contribution >= 4 is 11.8 Å². The number of hydrogen-bond donors (Lipinski definition) is 4. The number of carbonyl (C=O) groups is 2. The predicted molar refractivity (Wildman–Crippen MR) is 178 cm³/mol. The van der Waals surface area contributed by atoms with E-state index in [0.717, 1.165) is 33.4 Å². The Kier molecular flexibility index (Phi) is 11.6. The highest BCUT2D eigenvalue weighted by molar-refractivity contribution is 5.77. The standard InChI is InChI=1S/C37H58N2O4/c1-34(2,3)30-24(14-18-26(40)32(30)36(7,8)9)16-20-28(42)38-22-13-23-39-29(43)21-17-25-15-19-27(41)33(37(10,11)12)31(25)35(4,5)6/h14-15,18-19,40-41H,13,16-17,20-23H2,1-12H3,(H,38,42)(H,39,43). The number of carbonyl (C=O) groups excluding carboxylic acids is 2. The Hall–Kier alpha value is -3.02. The zero-order valence-corrected chi connectivity index (χ0v) is 29.0. The molecule has 240 valence electrons. The number of phenols is 2. The lowest BCUT2D eigenvalue weighted by molar-refractivity contribution is -0.121. The fraction of sp³-hybridized carbons (Fsp3) is 0.622. The van der Waals surface area contributed by atoms with Crippen molar-refractivity contribution in [2.75, 3.05) is 13.1 Å². The van der Waals surface area contributed by atoms with Crippen molar-refractivity contribution in [2.45, 2.75) is 137 Å². The van der Waals surface area contributed by atoms with E-state index in [1.165, 1.54) is 0 Å². The summed E-state index contributed by atoms with van der Waals surface area (Å²) in [5, 5.41) is 27.3. The third kappa shape index (κ3) is 10.0. The van der Waals surface area contributed by atoms with Crippen LogP contribution in [0.5, 0.6) is 11.5 Å². The van der Waals surface area contributed by atoms with E-state index in [9.17, 15) is 19.8 Å². The van der Waals surface area contributed by atoms with E-state index in [4.69, 9.17) is 0 Å². The van der Waals surface area contributed by atoms with Crippen molar-refractivity contribution < 1.29 is 19.8 Å². The van der Waals surface area contributed by atoms with Gasteiger partial charge in [0.05, 0.1) is 0 Å². The van der Waals surface area contributed by atoms with Crippen molar-refractivity contribution in [1.29, 1.82) is 0 Å². The molecule has 0 aliphatic heterocycles. The Morgan fingerprint density at radius 2 is 0.837 bits per heavy atom. The van der Waals surface area contributed by atoms with E-state index < -0.39 is 0 Å². The summed E-state index contributed by atoms with van der Waals surface area (Å²) in [6.45, 7) is 26.5. The molecule has 0 fully saturated rings. The first kappa shape index (κ1) is 36.2. The molecule has 0 aliphatic rings. The summed E-state index contributed by atoms with van der Waals surface area (Å²) in [7, 11) is 0. The first-order valence-corrected chi connectivity index (χ1v) is 15.8. The molecule has 0 bridgehead atoms. The van der Waals surface area contributed by atoms with Crippen molar-refractivity contribution in [3.05, 3.63) is 57.6 Å². The average molecular weight is 595 g/mol. The van der Waals surface area contributed by atoms with Crippen LogP contribution >= 0.6 is 0 Å². The second-order valence-corrected chi connectivity index (χ2v) is 16.0. The van der Waals surface area contributed by atoms with Crippen LogP contribution in [0, 0.1) is 0 Å². The molecule has 6 nitrogen and oxygen atoms in total. The smallest absolute Gasteiger partial charge is 0.220 e. The van der Waals surface area contributed by atoms with E-state index in [0.29, 0.717) is 56.7 Å². The van der Waals surface area contributed by atoms with Gasteiger partial charge < -0.3 is 20.8 Å². The second-order valence-electron chi connectivity index (χ2n) is 16.0. The summed E-state index contributed by atoms with van der Waals surface area (Å²) in [6.07, 6.45) is 2.58. The molecule has 0 aromatic heterocycles. The fourth-order valence-corrected chi connectivity index (χ4v) is 6.14. The maximum atomic E-state index is 12.7. The van der Waals surface area contributed by atoms with Crippen LogP contribution in [0.2, 0.25) is 0 Å². The van der Waals surface area contributed by atoms with Crippen molar-refractivity contribution in [2.24, 2.45) is 0 Å². The number of benzene rings is 2. The number of amides is 2. The van der Waals surface area contributed by atoms with Gasteiger partial charge in [0.1, 0.15) is 11.5 Å². The SMILES string of the molecule is CC(C)(C)c1c(O)ccc(CCC(=O)NCCCNC(=O)CCc2ccc(O)c(C(C)(C)C)c2C(C)(C)C)c1C(C)(C)C. The van der Waals surface area contributed by atoms with E-state index >= 15 is 0 Å². The molecule has 0 saturated heterocycles. The molecule has 2 aromatic carbocycles. The Morgan fingerprint density at radius 3 is 1.12 bits per heavy atom. The molecule has 0 radical (unpaired) electrons. The minimum Gasteiger partial charge on any atom is -0.508 e. The normalized spacial score (nSPS) is 12.7. The highest BCUT2D eigenvalue weighted by Gasteiger charge is 2.31. The first-order chi connectivity index (χ1) is 19.5. The monoisotopic (exact) mass is 594 g/mol. The molecule has 2 aromatic rings. The molecule has 2 amide bonds. The topological polar surface area (TPSA) is 98.7 Å². The largest absolute Gasteiger partial charge is 0.508 e. The lowest BCUT2D eigenvalue weighted by atomic mass is 9.72. The van der Waals surface area contributed by atoms with Gasteiger partial charge in [-0.2, -0.15) is 0 Å². The minimum atomic E-state index is -0.219. The first-order valence-electron chi connectivity index (χ1n) is 15.8. The quantitative estimate of drug-likeness (QED) is 0.214. The molecular formula is C37H58N2O4. The van der Waals surface area contributed by atoms with Crippen LogP contribution in [0.4, 0.5) is 0 Å². The van der Waals surface area contributed by atoms with E-state index in [2.05, 4.69) is 93.7 Å². The number of nitrogens with one attached hydrogen (secondary N) is 2. The van der Waals surface area contributed by atoms with Gasteiger partial charge in [-0.15, -0.1) is 0 Å². The van der Waals surface area contributed by atoms with Crippen LogP contribution in [0.25, 0.3) is 0 Å². The molecule has 0 unspecified atom stereocenters. The van der Waals surface area contributed by atoms with E-state index in [-0.39, 0.29) is 33.5 Å². The summed E-state index contributed by atoms with van der Waals surface area (Å²) in [4.78, 5) is 25.3. The van der Waals surface area contributed by atoms with Crippen molar-refractivity contribution in [1.82, 2.24) is 10.6 Å². The lowest BCUT2D eigenvalue weighted by Crippen LogP contribution is -2.30. The molecule has 4 N–H and O–H groups in total. The van der Waals surface area contributed by atoms with Crippen molar-refractivity contribution in [3.63, 3.8) is 0 Å². The Bertz CT molecular complexity index is 1180. The number of rotatable bonds is 10. The van der Waals surface area contributed by atoms with Gasteiger partial charge in [0, 0.05) is 37.1 Å². The molecule has 0 heterocycles. The molecule has 0 spiro atoms. The minimum absolute atomic E-state index is 0.0201. The van der Waals surface area contributed by atoms with Gasteiger partial charge in [-0.25, -0.2) is 0 Å². The Morgan fingerprint density at radius 1 is 0.535 bits per heavy atom. The number of aromatic hydroxyl groups is 2. The summed E-state index contributed by atoms with van der Waals surface area (Å²) in [5.74, 6) is 0.571. The van der Waals surface area contributed by atoms with Crippen LogP contribution < -0.4 is 10.6 Å². The van der Waals surface area contributed by atoms with Crippen LogP contribution in [0.15, 0.2) is 24.3 Å². The van der Waals surface area contributed by atoms with E-state index in [1.807, 2.05) is 12.1 Å². The lowest BCUT2D eigenvalue weighted by Gasteiger charge is -2.33. The van der Waals surface area contributed by atoms with Gasteiger partial charge in [0.25, 0.3) is 0 Å². The highest BCUT2D eigenvalue weighted by Crippen LogP contribution is 2.43. The number of hydrogen-bond acceptors (Lipinski definition) is 4. The van der Waals surface area contributed by atoms with Crippen LogP contribution in [0.3, 0.4) is 0 Å². The average Bonchev–Trinajstić information content (AvgIpc) is 2.83. The predicted octanol–water partition coefficient (Wildman–Crippen LogP) is 7.48. The Balaban J connectivity index is 1.89. The van der Waals surface area contributed by atoms with Gasteiger partial charge in [0.15, 0.2) is 0 Å². The second kappa shape index (κ2) is 13.7. The molecule has 2 rings (SSSR count). The summed E-state index contributed by atoms with van der Waals surface area (Å²) in [5.41, 5.74) is 5.54. The molecule has 0 atom stereocenters. The van der Waals surface area contributed by atoms with Gasteiger partial charge in [-0.1, -0.05) is 95.2 Å². The fourth-order valence-electron chi connectivity index (χ4n) is 6.14. The Labute approximate surface area is 261 Å². The molecule has 6 heteroatoms. The van der Waals surface area contributed by atoms with Crippen LogP contribution in [-0.4, -0.2) is 35.1 Å². The molecule has 0 aliphatic carbocycles. The van der Waals surface area contributed by atoms with Gasteiger partial charge in [-0.3, -0.25) is 9.59 Å². The maximum absolute atomic E-state index is 12.7. The van der Waals surface area contributed by atoms with Gasteiger partial charge in [0.2, 0.25) is 11.8 Å².